The summed E-state index contributed by atoms with van der Waals surface area (Å²) in [6, 6.07) is 16.5. The zero-order valence-corrected chi connectivity index (χ0v) is 13.0. The van der Waals surface area contributed by atoms with Gasteiger partial charge >= 0.3 is 0 Å². The lowest BCUT2D eigenvalue weighted by Gasteiger charge is -2.17. The molecule has 2 aromatic rings. The van der Waals surface area contributed by atoms with E-state index in [1.54, 1.807) is 0 Å². The van der Waals surface area contributed by atoms with E-state index in [0.717, 1.165) is 22.8 Å². The second kappa shape index (κ2) is 7.70. The van der Waals surface area contributed by atoms with Crippen LogP contribution >= 0.6 is 23.4 Å². The Labute approximate surface area is 129 Å². The molecule has 2 aromatic carbocycles. The maximum absolute atomic E-state index is 6.19. The largest absolute Gasteiger partial charge is 0.271 e. The molecule has 106 valence electrons. The van der Waals surface area contributed by atoms with Crippen LogP contribution in [0.2, 0.25) is 5.02 Å². The van der Waals surface area contributed by atoms with Gasteiger partial charge in [-0.25, -0.2) is 0 Å². The normalized spacial score (nSPS) is 12.3. The molecule has 0 aliphatic rings. The Hall–Kier alpha value is -1.00. The number of thioether (sulfide) groups is 1. The monoisotopic (exact) mass is 306 g/mol. The smallest absolute Gasteiger partial charge is 0.0438 e. The highest BCUT2D eigenvalue weighted by molar-refractivity contribution is 7.99. The van der Waals surface area contributed by atoms with Crippen LogP contribution in [0.1, 0.15) is 11.1 Å². The molecule has 1 unspecified atom stereocenters. The summed E-state index contributed by atoms with van der Waals surface area (Å²) >= 11 is 8.01. The Kier molecular flexibility index (Phi) is 5.92. The Morgan fingerprint density at radius 1 is 1.15 bits per heavy atom. The molecule has 0 heterocycles. The van der Waals surface area contributed by atoms with Gasteiger partial charge in [0.1, 0.15) is 0 Å². The van der Waals surface area contributed by atoms with Gasteiger partial charge in [0, 0.05) is 21.7 Å². The Morgan fingerprint density at radius 2 is 1.85 bits per heavy atom. The van der Waals surface area contributed by atoms with Crippen LogP contribution in [0.15, 0.2) is 53.4 Å². The molecule has 0 fully saturated rings. The molecule has 0 saturated carbocycles. The van der Waals surface area contributed by atoms with Gasteiger partial charge in [0.25, 0.3) is 0 Å². The summed E-state index contributed by atoms with van der Waals surface area (Å²) in [5.41, 5.74) is 5.31. The van der Waals surface area contributed by atoms with E-state index in [4.69, 9.17) is 17.4 Å². The third-order valence-corrected chi connectivity index (χ3v) is 4.90. The van der Waals surface area contributed by atoms with Crippen LogP contribution in [0.4, 0.5) is 0 Å². The van der Waals surface area contributed by atoms with Crippen LogP contribution in [0.5, 0.6) is 0 Å². The minimum atomic E-state index is 0.194. The highest BCUT2D eigenvalue weighted by atomic mass is 35.5. The predicted molar refractivity (Wildman–Crippen MR) is 88.2 cm³/mol. The molecule has 0 aromatic heterocycles. The summed E-state index contributed by atoms with van der Waals surface area (Å²) in [4.78, 5) is 1.30. The second-order valence-corrected chi connectivity index (χ2v) is 6.20. The molecule has 0 aliphatic heterocycles. The zero-order chi connectivity index (χ0) is 14.4. The van der Waals surface area contributed by atoms with Crippen molar-refractivity contribution in [1.29, 1.82) is 0 Å². The van der Waals surface area contributed by atoms with E-state index in [1.807, 2.05) is 36.0 Å². The van der Waals surface area contributed by atoms with Crippen LogP contribution in [0, 0.1) is 6.92 Å². The Bertz CT molecular complexity index is 560. The average Bonchev–Trinajstić information content (AvgIpc) is 2.47. The molecular weight excluding hydrogens is 288 g/mol. The molecule has 4 heteroatoms. The standard InChI is InChI=1S/C16H19ClN2S/c1-12-6-2-5-9-16(12)20-11-14(19-18)10-13-7-3-4-8-15(13)17/h2-9,14,19H,10-11,18H2,1H3. The summed E-state index contributed by atoms with van der Waals surface area (Å²) in [7, 11) is 0. The van der Waals surface area contributed by atoms with Crippen LogP contribution in [-0.2, 0) is 6.42 Å². The van der Waals surface area contributed by atoms with Gasteiger partial charge in [0.2, 0.25) is 0 Å². The Morgan fingerprint density at radius 3 is 2.55 bits per heavy atom. The highest BCUT2D eigenvalue weighted by Crippen LogP contribution is 2.24. The first-order valence-electron chi connectivity index (χ1n) is 6.58. The molecule has 0 spiro atoms. The average molecular weight is 307 g/mol. The van der Waals surface area contributed by atoms with Crippen molar-refractivity contribution < 1.29 is 0 Å². The lowest BCUT2D eigenvalue weighted by molar-refractivity contribution is 0.575. The van der Waals surface area contributed by atoms with Crippen molar-refractivity contribution in [2.45, 2.75) is 24.3 Å². The molecule has 20 heavy (non-hydrogen) atoms. The van der Waals surface area contributed by atoms with Crippen molar-refractivity contribution in [3.63, 3.8) is 0 Å². The fourth-order valence-electron chi connectivity index (χ4n) is 2.00. The maximum atomic E-state index is 6.19. The van der Waals surface area contributed by atoms with Gasteiger partial charge in [-0.1, -0.05) is 48.0 Å². The van der Waals surface area contributed by atoms with Gasteiger partial charge in [-0.2, -0.15) is 0 Å². The molecule has 0 aliphatic carbocycles. The number of halogens is 1. The van der Waals surface area contributed by atoms with E-state index in [2.05, 4.69) is 36.6 Å². The van der Waals surface area contributed by atoms with Gasteiger partial charge in [0.15, 0.2) is 0 Å². The van der Waals surface area contributed by atoms with Gasteiger partial charge < -0.3 is 0 Å². The highest BCUT2D eigenvalue weighted by Gasteiger charge is 2.11. The van der Waals surface area contributed by atoms with Crippen molar-refractivity contribution in [2.24, 2.45) is 5.84 Å². The van der Waals surface area contributed by atoms with E-state index in [-0.39, 0.29) is 6.04 Å². The molecule has 2 rings (SSSR count). The van der Waals surface area contributed by atoms with Crippen LogP contribution < -0.4 is 11.3 Å². The third kappa shape index (κ3) is 4.25. The SMILES string of the molecule is Cc1ccccc1SCC(Cc1ccccc1Cl)NN. The van der Waals surface area contributed by atoms with E-state index in [0.29, 0.717) is 0 Å². The lowest BCUT2D eigenvalue weighted by Crippen LogP contribution is -2.38. The van der Waals surface area contributed by atoms with Crippen molar-refractivity contribution in [1.82, 2.24) is 5.43 Å². The lowest BCUT2D eigenvalue weighted by atomic mass is 10.1. The molecule has 0 bridgehead atoms. The van der Waals surface area contributed by atoms with Crippen molar-refractivity contribution in [2.75, 3.05) is 5.75 Å². The number of hydrazine groups is 1. The quantitative estimate of drug-likeness (QED) is 0.484. The topological polar surface area (TPSA) is 38.0 Å². The molecule has 2 nitrogen and oxygen atoms in total. The summed E-state index contributed by atoms with van der Waals surface area (Å²) in [5.74, 6) is 6.58. The number of hydrogen-bond acceptors (Lipinski definition) is 3. The van der Waals surface area contributed by atoms with Crippen molar-refractivity contribution >= 4 is 23.4 Å². The second-order valence-electron chi connectivity index (χ2n) is 4.74. The first kappa shape index (κ1) is 15.4. The number of nitrogens with two attached hydrogens (primary N) is 1. The predicted octanol–water partition coefficient (Wildman–Crippen LogP) is 3.82. The van der Waals surface area contributed by atoms with E-state index in [1.165, 1.54) is 10.5 Å². The minimum absolute atomic E-state index is 0.194. The maximum Gasteiger partial charge on any atom is 0.0438 e. The fourth-order valence-corrected chi connectivity index (χ4v) is 3.28. The van der Waals surface area contributed by atoms with Gasteiger partial charge in [-0.05, 0) is 36.6 Å². The number of hydrogen-bond donors (Lipinski definition) is 2. The summed E-state index contributed by atoms with van der Waals surface area (Å²) < 4.78 is 0. The molecule has 0 amide bonds. The summed E-state index contributed by atoms with van der Waals surface area (Å²) in [6.07, 6.45) is 0.828. The van der Waals surface area contributed by atoms with Gasteiger partial charge in [-0.15, -0.1) is 11.8 Å². The Balaban J connectivity index is 1.96. The van der Waals surface area contributed by atoms with Crippen molar-refractivity contribution in [3.05, 3.63) is 64.7 Å². The van der Waals surface area contributed by atoms with Crippen LogP contribution in [-0.4, -0.2) is 11.8 Å². The van der Waals surface area contributed by atoms with Crippen LogP contribution in [0.25, 0.3) is 0 Å². The van der Waals surface area contributed by atoms with E-state index in [9.17, 15) is 0 Å². The molecular formula is C16H19ClN2S. The first-order chi connectivity index (χ1) is 9.70. The summed E-state index contributed by atoms with van der Waals surface area (Å²) in [6.45, 7) is 2.13. The van der Waals surface area contributed by atoms with E-state index >= 15 is 0 Å². The number of benzene rings is 2. The first-order valence-corrected chi connectivity index (χ1v) is 7.95. The van der Waals surface area contributed by atoms with Crippen molar-refractivity contribution in [3.8, 4) is 0 Å². The van der Waals surface area contributed by atoms with E-state index < -0.39 is 0 Å². The fraction of sp³-hybridized carbons (Fsp3) is 0.250. The van der Waals surface area contributed by atoms with Crippen LogP contribution in [0.3, 0.4) is 0 Å². The third-order valence-electron chi connectivity index (χ3n) is 3.19. The zero-order valence-electron chi connectivity index (χ0n) is 11.5. The van der Waals surface area contributed by atoms with Gasteiger partial charge in [-0.3, -0.25) is 11.3 Å². The molecule has 3 N–H and O–H groups in total. The molecule has 0 saturated heterocycles. The number of aryl methyl sites for hydroxylation is 1. The summed E-state index contributed by atoms with van der Waals surface area (Å²) in [5, 5.41) is 0.800. The number of nitrogens with one attached hydrogen (secondary N) is 1. The number of rotatable bonds is 6. The minimum Gasteiger partial charge on any atom is -0.271 e. The molecule has 0 radical (unpaired) electrons. The molecule has 1 atom stereocenters. The van der Waals surface area contributed by atoms with Gasteiger partial charge in [0.05, 0.1) is 0 Å².